The third-order valence-electron chi connectivity index (χ3n) is 2.52. The van der Waals surface area contributed by atoms with Gasteiger partial charge in [-0.2, -0.15) is 0 Å². The molecule has 2 heterocycles. The monoisotopic (exact) mass is 250 g/mol. The number of halogens is 1. The summed E-state index contributed by atoms with van der Waals surface area (Å²) in [5.41, 5.74) is 0. The zero-order valence-electron chi connectivity index (χ0n) is 9.44. The van der Waals surface area contributed by atoms with E-state index >= 15 is 0 Å². The molecule has 5 nitrogen and oxygen atoms in total. The second kappa shape index (κ2) is 4.14. The summed E-state index contributed by atoms with van der Waals surface area (Å²) in [6.45, 7) is 5.37. The number of cyclic esters (lactones) is 1. The SMILES string of the molecule is C[C@@H]1OC(=O)[C@H](Cl)CO[C@@H]2OC(C)(C)O[C@@H]21. The number of fused-ring (bicyclic) bond motifs is 1. The van der Waals surface area contributed by atoms with Gasteiger partial charge in [0.05, 0.1) is 6.61 Å². The third kappa shape index (κ3) is 2.32. The second-order valence-corrected chi connectivity index (χ2v) is 4.94. The van der Waals surface area contributed by atoms with Crippen LogP contribution in [0.25, 0.3) is 0 Å². The van der Waals surface area contributed by atoms with Crippen LogP contribution in [0, 0.1) is 0 Å². The van der Waals surface area contributed by atoms with Crippen molar-refractivity contribution in [2.24, 2.45) is 0 Å². The van der Waals surface area contributed by atoms with Gasteiger partial charge in [0.1, 0.15) is 12.2 Å². The number of ether oxygens (including phenoxy) is 4. The van der Waals surface area contributed by atoms with Crippen LogP contribution in [-0.2, 0) is 23.7 Å². The molecule has 0 aromatic heterocycles. The highest BCUT2D eigenvalue weighted by Crippen LogP contribution is 2.32. The maximum atomic E-state index is 11.4. The summed E-state index contributed by atoms with van der Waals surface area (Å²) in [4.78, 5) is 11.4. The van der Waals surface area contributed by atoms with Crippen molar-refractivity contribution in [1.82, 2.24) is 0 Å². The highest BCUT2D eigenvalue weighted by Gasteiger charge is 2.47. The molecule has 0 amide bonds. The van der Waals surface area contributed by atoms with Crippen LogP contribution >= 0.6 is 11.6 Å². The Balaban J connectivity index is 2.13. The fourth-order valence-electron chi connectivity index (χ4n) is 1.78. The summed E-state index contributed by atoms with van der Waals surface area (Å²) in [7, 11) is 0. The summed E-state index contributed by atoms with van der Waals surface area (Å²) in [6, 6.07) is 0. The molecular formula is C10H15ClO5. The highest BCUT2D eigenvalue weighted by molar-refractivity contribution is 6.30. The lowest BCUT2D eigenvalue weighted by Gasteiger charge is -2.27. The Labute approximate surface area is 98.9 Å². The Bertz CT molecular complexity index is 293. The molecule has 0 saturated carbocycles. The largest absolute Gasteiger partial charge is 0.459 e. The maximum Gasteiger partial charge on any atom is 0.326 e. The molecular weight excluding hydrogens is 236 g/mol. The molecule has 0 N–H and O–H groups in total. The highest BCUT2D eigenvalue weighted by atomic mass is 35.5. The van der Waals surface area contributed by atoms with Crippen molar-refractivity contribution in [3.63, 3.8) is 0 Å². The number of hydrogen-bond acceptors (Lipinski definition) is 5. The lowest BCUT2D eigenvalue weighted by Crippen LogP contribution is -2.43. The van der Waals surface area contributed by atoms with E-state index in [2.05, 4.69) is 0 Å². The van der Waals surface area contributed by atoms with E-state index in [9.17, 15) is 4.79 Å². The zero-order valence-corrected chi connectivity index (χ0v) is 10.2. The van der Waals surface area contributed by atoms with Crippen LogP contribution in [0.4, 0.5) is 0 Å². The zero-order chi connectivity index (χ0) is 11.9. The first-order valence-electron chi connectivity index (χ1n) is 5.21. The van der Waals surface area contributed by atoms with E-state index in [1.165, 1.54) is 0 Å². The van der Waals surface area contributed by atoms with Crippen molar-refractivity contribution >= 4 is 17.6 Å². The van der Waals surface area contributed by atoms with Crippen molar-refractivity contribution in [3.05, 3.63) is 0 Å². The first kappa shape index (κ1) is 12.1. The van der Waals surface area contributed by atoms with Crippen LogP contribution in [0.3, 0.4) is 0 Å². The van der Waals surface area contributed by atoms with Gasteiger partial charge in [-0.3, -0.25) is 4.79 Å². The molecule has 92 valence electrons. The van der Waals surface area contributed by atoms with Gasteiger partial charge in [-0.05, 0) is 20.8 Å². The van der Waals surface area contributed by atoms with Crippen LogP contribution in [0.5, 0.6) is 0 Å². The molecule has 16 heavy (non-hydrogen) atoms. The molecule has 0 aromatic rings. The van der Waals surface area contributed by atoms with Crippen LogP contribution < -0.4 is 0 Å². The van der Waals surface area contributed by atoms with Crippen LogP contribution in [-0.4, -0.2) is 42.2 Å². The van der Waals surface area contributed by atoms with Gasteiger partial charge in [0.2, 0.25) is 0 Å². The quantitative estimate of drug-likeness (QED) is 0.475. The molecule has 2 aliphatic heterocycles. The number of alkyl halides is 1. The van der Waals surface area contributed by atoms with E-state index in [1.807, 2.05) is 0 Å². The van der Waals surface area contributed by atoms with Gasteiger partial charge in [-0.15, -0.1) is 11.6 Å². The Kier molecular flexibility index (Phi) is 3.13. The Hall–Kier alpha value is -0.360. The number of carbonyl (C=O) groups excluding carboxylic acids is 1. The minimum Gasteiger partial charge on any atom is -0.459 e. The van der Waals surface area contributed by atoms with Crippen molar-refractivity contribution in [3.8, 4) is 0 Å². The second-order valence-electron chi connectivity index (χ2n) is 4.41. The van der Waals surface area contributed by atoms with Gasteiger partial charge >= 0.3 is 5.97 Å². The molecule has 0 aromatic carbocycles. The fraction of sp³-hybridized carbons (Fsp3) is 0.900. The Morgan fingerprint density at radius 3 is 2.75 bits per heavy atom. The van der Waals surface area contributed by atoms with Crippen molar-refractivity contribution < 1.29 is 23.7 Å². The Morgan fingerprint density at radius 2 is 2.06 bits per heavy atom. The number of carbonyl (C=O) groups is 1. The summed E-state index contributed by atoms with van der Waals surface area (Å²) in [5, 5.41) is -0.796. The lowest BCUT2D eigenvalue weighted by atomic mass is 10.2. The predicted octanol–water partition coefficient (Wildman–Crippen LogP) is 1.03. The maximum absolute atomic E-state index is 11.4. The van der Waals surface area contributed by atoms with Crippen molar-refractivity contribution in [2.45, 2.75) is 50.4 Å². The topological polar surface area (TPSA) is 54.0 Å². The average Bonchev–Trinajstić information content (AvgIpc) is 2.49. The molecule has 2 saturated heterocycles. The van der Waals surface area contributed by atoms with E-state index in [0.717, 1.165) is 0 Å². The molecule has 4 atom stereocenters. The third-order valence-corrected chi connectivity index (χ3v) is 2.82. The lowest BCUT2D eigenvalue weighted by molar-refractivity contribution is -0.193. The van der Waals surface area contributed by atoms with Gasteiger partial charge in [0, 0.05) is 0 Å². The van der Waals surface area contributed by atoms with E-state index in [-0.39, 0.29) is 6.61 Å². The molecule has 0 unspecified atom stereocenters. The van der Waals surface area contributed by atoms with E-state index in [0.29, 0.717) is 0 Å². The van der Waals surface area contributed by atoms with Gasteiger partial charge in [0.15, 0.2) is 17.5 Å². The predicted molar refractivity (Wildman–Crippen MR) is 55.0 cm³/mol. The normalized spacial score (nSPS) is 43.1. The van der Waals surface area contributed by atoms with Gasteiger partial charge < -0.3 is 18.9 Å². The summed E-state index contributed by atoms with van der Waals surface area (Å²) in [6.07, 6.45) is -1.40. The first-order valence-corrected chi connectivity index (χ1v) is 5.64. The summed E-state index contributed by atoms with van der Waals surface area (Å²) < 4.78 is 21.7. The van der Waals surface area contributed by atoms with E-state index in [4.69, 9.17) is 30.5 Å². The summed E-state index contributed by atoms with van der Waals surface area (Å²) in [5.74, 6) is -1.22. The number of rotatable bonds is 0. The molecule has 2 aliphatic rings. The van der Waals surface area contributed by atoms with E-state index in [1.54, 1.807) is 20.8 Å². The van der Waals surface area contributed by atoms with Gasteiger partial charge in [-0.25, -0.2) is 0 Å². The minimum absolute atomic E-state index is 0.0632. The van der Waals surface area contributed by atoms with Crippen LogP contribution in [0.1, 0.15) is 20.8 Å². The molecule has 0 aliphatic carbocycles. The van der Waals surface area contributed by atoms with Crippen molar-refractivity contribution in [1.29, 1.82) is 0 Å². The molecule has 0 spiro atoms. The minimum atomic E-state index is -0.796. The fourth-order valence-corrected chi connectivity index (χ4v) is 1.90. The smallest absolute Gasteiger partial charge is 0.326 e. The molecule has 6 heteroatoms. The number of hydrogen-bond donors (Lipinski definition) is 0. The van der Waals surface area contributed by atoms with Crippen LogP contribution in [0.15, 0.2) is 0 Å². The number of esters is 1. The standard InChI is InChI=1S/C10H15ClO5/c1-5-7-9(16-10(2,3)15-7)13-4-6(11)8(12)14-5/h5-7,9H,4H2,1-3H3/t5-,6+,7+,9+/m0/s1. The Morgan fingerprint density at radius 1 is 1.38 bits per heavy atom. The van der Waals surface area contributed by atoms with Gasteiger partial charge in [-0.1, -0.05) is 0 Å². The summed E-state index contributed by atoms with van der Waals surface area (Å²) >= 11 is 5.77. The van der Waals surface area contributed by atoms with E-state index < -0.39 is 35.6 Å². The molecule has 0 bridgehead atoms. The van der Waals surface area contributed by atoms with Crippen LogP contribution in [0.2, 0.25) is 0 Å². The molecule has 0 radical (unpaired) electrons. The average molecular weight is 251 g/mol. The first-order chi connectivity index (χ1) is 7.39. The molecule has 2 rings (SSSR count). The molecule has 2 fully saturated rings. The van der Waals surface area contributed by atoms with Gasteiger partial charge in [0.25, 0.3) is 0 Å². The van der Waals surface area contributed by atoms with Crippen molar-refractivity contribution in [2.75, 3.05) is 6.61 Å².